The van der Waals surface area contributed by atoms with Gasteiger partial charge in [0.15, 0.2) is 0 Å². The fourth-order valence-corrected chi connectivity index (χ4v) is 14.4. The van der Waals surface area contributed by atoms with Gasteiger partial charge in [0.25, 0.3) is 5.91 Å². The molecule has 7 rings (SSSR count). The molecule has 0 saturated carbocycles. The molecule has 0 fully saturated rings. The lowest BCUT2D eigenvalue weighted by atomic mass is 9.69. The van der Waals surface area contributed by atoms with Crippen LogP contribution in [0, 0.1) is 0 Å². The highest BCUT2D eigenvalue weighted by atomic mass is 32.2. The molecule has 0 unspecified atom stereocenters. The smallest absolute Gasteiger partial charge is 0.323 e. The average molecular weight is 1050 g/mol. The van der Waals surface area contributed by atoms with E-state index in [9.17, 15) is 14.7 Å². The first-order valence-corrected chi connectivity index (χ1v) is 30.2. The summed E-state index contributed by atoms with van der Waals surface area (Å²) in [6.45, 7) is 13.4. The predicted molar refractivity (Wildman–Crippen MR) is 324 cm³/mol. The minimum Gasteiger partial charge on any atom is -0.480 e. The number of carboxylic acid groups (broad SMARTS) is 1. The highest BCUT2D eigenvalue weighted by Gasteiger charge is 2.45. The molecule has 0 saturated heterocycles. The third-order valence-corrected chi connectivity index (χ3v) is 18.0. The van der Waals surface area contributed by atoms with Gasteiger partial charge in [0.05, 0.1) is 4.91 Å². The maximum absolute atomic E-state index is 13.5. The Bertz CT molecular complexity index is 2770. The van der Waals surface area contributed by atoms with Gasteiger partial charge >= 0.3 is 5.97 Å². The maximum atomic E-state index is 13.5. The molecule has 5 nitrogen and oxygen atoms in total. The van der Waals surface area contributed by atoms with Gasteiger partial charge in [-0.15, -0.1) is 11.3 Å². The Balaban J connectivity index is 1.35. The lowest BCUT2D eigenvalue weighted by Crippen LogP contribution is -2.32. The van der Waals surface area contributed by atoms with Crippen molar-refractivity contribution < 1.29 is 14.7 Å². The number of benzene rings is 3. The van der Waals surface area contributed by atoms with E-state index < -0.39 is 5.97 Å². The number of carboxylic acids is 1. The summed E-state index contributed by atoms with van der Waals surface area (Å²) >= 11 is 8.05. The van der Waals surface area contributed by atoms with E-state index in [0.717, 1.165) is 60.0 Å². The number of thiocarbonyl (C=S) groups is 1. The zero-order valence-electron chi connectivity index (χ0n) is 45.6. The van der Waals surface area contributed by atoms with Gasteiger partial charge in [-0.3, -0.25) is 9.59 Å². The van der Waals surface area contributed by atoms with Gasteiger partial charge < -0.3 is 14.9 Å². The molecule has 0 spiro atoms. The zero-order valence-corrected chi connectivity index (χ0v) is 48.0. The summed E-state index contributed by atoms with van der Waals surface area (Å²) in [5.74, 6) is -1.41. The number of hydrogen-bond donors (Lipinski definition) is 1. The molecule has 3 aliphatic rings. The van der Waals surface area contributed by atoms with Gasteiger partial charge in [0.2, 0.25) is 0 Å². The van der Waals surface area contributed by atoms with E-state index in [1.807, 2.05) is 6.08 Å². The molecule has 0 atom stereocenters. The summed E-state index contributed by atoms with van der Waals surface area (Å²) in [4.78, 5) is 31.3. The topological polar surface area (TPSA) is 60.9 Å². The average Bonchev–Trinajstić information content (AvgIpc) is 4.05. The van der Waals surface area contributed by atoms with Crippen molar-refractivity contribution >= 4 is 74.8 Å². The van der Waals surface area contributed by atoms with Crippen LogP contribution in [-0.2, 0) is 26.8 Å². The molecule has 0 aliphatic heterocycles. The van der Waals surface area contributed by atoms with Crippen molar-refractivity contribution in [3.8, 4) is 10.4 Å². The van der Waals surface area contributed by atoms with E-state index in [-0.39, 0.29) is 23.3 Å². The lowest BCUT2D eigenvalue weighted by Gasteiger charge is -2.36. The number of nitrogens with zero attached hydrogens (tertiary/aromatic N) is 2. The number of anilines is 1. The fraction of sp³-hybridized carbons (Fsp3) is 0.439. The summed E-state index contributed by atoms with van der Waals surface area (Å²) in [6, 6.07) is 30.0. The molecule has 0 bridgehead atoms. The van der Waals surface area contributed by atoms with Crippen molar-refractivity contribution in [3.63, 3.8) is 0 Å². The summed E-state index contributed by atoms with van der Waals surface area (Å²) in [6.07, 6.45) is 35.7. The summed E-state index contributed by atoms with van der Waals surface area (Å²) < 4.78 is 1.47. The first kappa shape index (κ1) is 56.7. The molecule has 3 aromatic carbocycles. The second-order valence-corrected chi connectivity index (χ2v) is 23.4. The Labute approximate surface area is 458 Å². The van der Waals surface area contributed by atoms with Gasteiger partial charge in [0, 0.05) is 49.9 Å². The number of carbonyl (C=O) groups excluding carboxylic acids is 1. The maximum Gasteiger partial charge on any atom is 0.323 e. The summed E-state index contributed by atoms with van der Waals surface area (Å²) in [7, 11) is 1.52. The van der Waals surface area contributed by atoms with Crippen molar-refractivity contribution in [3.05, 3.63) is 164 Å². The molecule has 392 valence electrons. The molecule has 1 N–H and O–H groups in total. The van der Waals surface area contributed by atoms with Gasteiger partial charge in [0.1, 0.15) is 6.54 Å². The van der Waals surface area contributed by atoms with Crippen LogP contribution in [-0.4, -0.2) is 40.2 Å². The molecular weight excluding hydrogens is 965 g/mol. The second-order valence-electron chi connectivity index (χ2n) is 20.8. The third-order valence-electron chi connectivity index (χ3n) is 15.9. The molecule has 1 amide bonds. The van der Waals surface area contributed by atoms with Crippen molar-refractivity contribution in [2.75, 3.05) is 18.5 Å². The Hall–Kier alpha value is -5.02. The number of thioether (sulfide) groups is 1. The van der Waals surface area contributed by atoms with Crippen LogP contribution >= 0.6 is 35.3 Å². The number of unbranched alkanes of at least 4 members (excludes halogenated alkanes) is 7. The number of amides is 1. The predicted octanol–water partition coefficient (Wildman–Crippen LogP) is 18.9. The number of aryl methyl sites for hydroxylation is 1. The number of fused-ring (bicyclic) bond motifs is 3. The van der Waals surface area contributed by atoms with Gasteiger partial charge in [-0.2, -0.15) is 0 Å². The SMILES string of the molecule is C\C=C1/C(=C\C=C\N(C2=CC3=C(CC2)c2ccccc2C3(CCCC)CCCC)c2ccc(-c3sc(/C=C(\SC=S)C(=O)N(C)CC(=O)O)cc3CCCCCC)cc2)c2ccccc2C1(CCCC)CCCC. The van der Waals surface area contributed by atoms with Crippen molar-refractivity contribution in [1.82, 2.24) is 4.90 Å². The van der Waals surface area contributed by atoms with Crippen LogP contribution in [0.5, 0.6) is 0 Å². The Morgan fingerprint density at radius 3 is 1.97 bits per heavy atom. The van der Waals surface area contributed by atoms with E-state index in [0.29, 0.717) is 4.91 Å². The number of aliphatic carboxylic acids is 1. The molecule has 1 heterocycles. The first-order chi connectivity index (χ1) is 36.0. The number of allylic oxidation sites excluding steroid dienone is 9. The number of hydrogen-bond acceptors (Lipinski definition) is 6. The highest BCUT2D eigenvalue weighted by molar-refractivity contribution is 8.24. The van der Waals surface area contributed by atoms with Crippen LogP contribution in [0.2, 0.25) is 0 Å². The Morgan fingerprint density at radius 1 is 0.757 bits per heavy atom. The normalized spacial score (nSPS) is 16.7. The monoisotopic (exact) mass is 1050 g/mol. The largest absolute Gasteiger partial charge is 0.480 e. The molecule has 0 radical (unpaired) electrons. The highest BCUT2D eigenvalue weighted by Crippen LogP contribution is 2.57. The van der Waals surface area contributed by atoms with Gasteiger partial charge in [-0.05, 0) is 150 Å². The number of thiophene rings is 1. The Morgan fingerprint density at radius 2 is 1.36 bits per heavy atom. The van der Waals surface area contributed by atoms with Crippen LogP contribution in [0.3, 0.4) is 0 Å². The fourth-order valence-electron chi connectivity index (χ4n) is 12.3. The zero-order chi connectivity index (χ0) is 52.7. The molecular formula is C66H82N2O3S3. The lowest BCUT2D eigenvalue weighted by molar-refractivity contribution is -0.141. The van der Waals surface area contributed by atoms with E-state index in [1.54, 1.807) is 22.5 Å². The van der Waals surface area contributed by atoms with Crippen LogP contribution in [0.25, 0.3) is 27.7 Å². The minimum absolute atomic E-state index is 0.0103. The number of likely N-dealkylation sites (N-methyl/N-ethyl adjacent to an activating group) is 1. The van der Waals surface area contributed by atoms with Crippen LogP contribution in [0.15, 0.2) is 131 Å². The molecule has 4 aromatic rings. The van der Waals surface area contributed by atoms with Crippen LogP contribution in [0.1, 0.15) is 190 Å². The van der Waals surface area contributed by atoms with Crippen molar-refractivity contribution in [2.45, 2.75) is 174 Å². The second kappa shape index (κ2) is 27.2. The third kappa shape index (κ3) is 12.5. The van der Waals surface area contributed by atoms with Crippen LogP contribution in [0.4, 0.5) is 5.69 Å². The van der Waals surface area contributed by atoms with Gasteiger partial charge in [-0.25, -0.2) is 0 Å². The standard InChI is InChI=1S/C66H82N2O3S3/c1-8-14-19-20-26-49-43-52(45-61(73-47-72)64(71)67(7)46-62(69)70)74-63(49)48-32-34-50(35-33-48)68(42-25-29-53-54-27-21-23-30-58(54)65(38-15-9-2,39-16-10-3)57(53)13-6)51-36-37-56-55-28-22-24-31-59(55)66(40-17-11-4,41-18-12-5)60(56)44-51/h13,21-25,27-35,42-45,47H,8-12,14-20,26,36-41,46H2,1-7H3,(H,69,70)/b42-25+,53-29-,57-13+,61-45-. The molecule has 74 heavy (non-hydrogen) atoms. The molecule has 1 aromatic heterocycles. The van der Waals surface area contributed by atoms with Crippen LogP contribution < -0.4 is 4.90 Å². The van der Waals surface area contributed by atoms with E-state index in [2.05, 4.69) is 156 Å². The number of rotatable bonds is 28. The van der Waals surface area contributed by atoms with Gasteiger partial charge in [-0.1, -0.05) is 202 Å². The van der Waals surface area contributed by atoms with E-state index in [4.69, 9.17) is 12.2 Å². The molecule has 8 heteroatoms. The van der Waals surface area contributed by atoms with E-state index >= 15 is 0 Å². The molecule has 3 aliphatic carbocycles. The first-order valence-electron chi connectivity index (χ1n) is 28.1. The summed E-state index contributed by atoms with van der Waals surface area (Å²) in [5.41, 5.74) is 16.7. The number of carbonyl (C=O) groups is 2. The quantitative estimate of drug-likeness (QED) is 0.0347. The van der Waals surface area contributed by atoms with E-state index in [1.165, 1.54) is 156 Å². The van der Waals surface area contributed by atoms with Crippen molar-refractivity contribution in [1.29, 1.82) is 0 Å². The minimum atomic E-state index is -1.05. The van der Waals surface area contributed by atoms with Crippen molar-refractivity contribution in [2.24, 2.45) is 0 Å². The summed E-state index contributed by atoms with van der Waals surface area (Å²) in [5, 5.41) is 9.44. The Kier molecular flexibility index (Phi) is 20.8.